The normalized spacial score (nSPS) is 10.8. The second-order valence-electron chi connectivity index (χ2n) is 7.46. The molecule has 0 radical (unpaired) electrons. The zero-order valence-electron chi connectivity index (χ0n) is 19.2. The maximum Gasteiger partial charge on any atom is 0.226 e. The molecule has 3 rings (SSSR count). The van der Waals surface area contributed by atoms with Crippen molar-refractivity contribution in [3.63, 3.8) is 0 Å². The molecule has 1 N–H and O–H groups in total. The molecular formula is C25H31N3O4. The van der Waals surface area contributed by atoms with E-state index in [1.165, 1.54) is 0 Å². The first kappa shape index (κ1) is 23.3. The third-order valence-corrected chi connectivity index (χ3v) is 5.11. The third-order valence-electron chi connectivity index (χ3n) is 5.11. The molecule has 170 valence electrons. The summed E-state index contributed by atoms with van der Waals surface area (Å²) in [7, 11) is 3.25. The zero-order chi connectivity index (χ0) is 22.9. The van der Waals surface area contributed by atoms with E-state index in [0.717, 1.165) is 40.4 Å². The number of rotatable bonds is 11. The number of nitrogens with zero attached hydrogens (tertiary/aromatic N) is 2. The quantitative estimate of drug-likeness (QED) is 0.454. The molecule has 1 heterocycles. The lowest BCUT2D eigenvalue weighted by Crippen LogP contribution is -2.27. The summed E-state index contributed by atoms with van der Waals surface area (Å²) in [6.07, 6.45) is 1.60. The number of amides is 1. The van der Waals surface area contributed by atoms with Crippen molar-refractivity contribution in [1.82, 2.24) is 15.1 Å². The molecule has 7 heteroatoms. The van der Waals surface area contributed by atoms with Gasteiger partial charge in [0, 0.05) is 25.6 Å². The van der Waals surface area contributed by atoms with Crippen LogP contribution in [-0.2, 0) is 22.4 Å². The number of hydrogen-bond acceptors (Lipinski definition) is 5. The van der Waals surface area contributed by atoms with Crippen molar-refractivity contribution in [3.8, 4) is 23.1 Å². The first-order chi connectivity index (χ1) is 15.5. The summed E-state index contributed by atoms with van der Waals surface area (Å²) in [5.41, 5.74) is 3.81. The van der Waals surface area contributed by atoms with E-state index in [9.17, 15) is 4.79 Å². The van der Waals surface area contributed by atoms with Gasteiger partial charge in [0.1, 0.15) is 11.5 Å². The number of methoxy groups -OCH3 is 2. The van der Waals surface area contributed by atoms with Gasteiger partial charge in [-0.05, 0) is 61.7 Å². The molecular weight excluding hydrogens is 406 g/mol. The van der Waals surface area contributed by atoms with Crippen LogP contribution in [0.25, 0.3) is 5.69 Å². The van der Waals surface area contributed by atoms with Crippen LogP contribution in [0.1, 0.15) is 30.2 Å². The van der Waals surface area contributed by atoms with E-state index in [4.69, 9.17) is 19.3 Å². The van der Waals surface area contributed by atoms with Gasteiger partial charge in [0.25, 0.3) is 0 Å². The zero-order valence-corrected chi connectivity index (χ0v) is 19.2. The number of aryl methyl sites for hydroxylation is 2. The van der Waals surface area contributed by atoms with Gasteiger partial charge in [-0.3, -0.25) is 4.79 Å². The van der Waals surface area contributed by atoms with Crippen LogP contribution in [-0.4, -0.2) is 43.1 Å². The van der Waals surface area contributed by atoms with Crippen LogP contribution in [0.3, 0.4) is 0 Å². The molecule has 0 aliphatic heterocycles. The smallest absolute Gasteiger partial charge is 0.226 e. The Morgan fingerprint density at radius 1 is 1.09 bits per heavy atom. The van der Waals surface area contributed by atoms with Crippen LogP contribution in [0, 0.1) is 6.92 Å². The van der Waals surface area contributed by atoms with Crippen molar-refractivity contribution in [3.05, 3.63) is 65.4 Å². The minimum atomic E-state index is -0.0252. The lowest BCUT2D eigenvalue weighted by atomic mass is 10.1. The van der Waals surface area contributed by atoms with Crippen LogP contribution in [0.5, 0.6) is 17.4 Å². The van der Waals surface area contributed by atoms with Crippen LogP contribution < -0.4 is 14.8 Å². The minimum absolute atomic E-state index is 0.0252. The van der Waals surface area contributed by atoms with Crippen LogP contribution >= 0.6 is 0 Å². The predicted molar refractivity (Wildman–Crippen MR) is 124 cm³/mol. The molecule has 0 saturated carbocycles. The van der Waals surface area contributed by atoms with Gasteiger partial charge < -0.3 is 19.5 Å². The molecule has 0 fully saturated rings. The largest absolute Gasteiger partial charge is 0.497 e. The molecule has 0 bridgehead atoms. The fourth-order valence-corrected chi connectivity index (χ4v) is 3.43. The summed E-state index contributed by atoms with van der Waals surface area (Å²) in [6, 6.07) is 15.6. The van der Waals surface area contributed by atoms with E-state index < -0.39 is 0 Å². The Hall–Kier alpha value is -3.32. The van der Waals surface area contributed by atoms with Gasteiger partial charge in [-0.1, -0.05) is 19.1 Å². The molecule has 0 atom stereocenters. The third kappa shape index (κ3) is 5.88. The molecule has 3 aromatic rings. The van der Waals surface area contributed by atoms with E-state index in [1.807, 2.05) is 55.5 Å². The standard InChI is InChI=1S/C25H31N3O4/c1-5-23-22(13-14-24(29)26-15-16-30-3)25(32-21-8-6-7-18(2)17-21)28(27-23)19-9-11-20(31-4)12-10-19/h6-12,17H,5,13-16H2,1-4H3,(H,26,29). The number of nitrogens with one attached hydrogen (secondary N) is 1. The summed E-state index contributed by atoms with van der Waals surface area (Å²) in [5.74, 6) is 2.10. The highest BCUT2D eigenvalue weighted by molar-refractivity contribution is 5.76. The number of hydrogen-bond donors (Lipinski definition) is 1. The Balaban J connectivity index is 1.95. The molecule has 7 nitrogen and oxygen atoms in total. The summed E-state index contributed by atoms with van der Waals surface area (Å²) in [6.45, 7) is 5.06. The lowest BCUT2D eigenvalue weighted by molar-refractivity contribution is -0.121. The Kier molecular flexibility index (Phi) is 8.27. The number of aromatic nitrogens is 2. The average molecular weight is 438 g/mol. The SMILES string of the molecule is CCc1nn(-c2ccc(OC)cc2)c(Oc2cccc(C)c2)c1CCC(=O)NCCOC. The van der Waals surface area contributed by atoms with E-state index in [1.54, 1.807) is 18.9 Å². The molecule has 0 aliphatic rings. The summed E-state index contributed by atoms with van der Waals surface area (Å²) < 4.78 is 18.5. The molecule has 0 unspecified atom stereocenters. The molecule has 0 aliphatic carbocycles. The molecule has 0 spiro atoms. The van der Waals surface area contributed by atoms with Gasteiger partial charge in [0.15, 0.2) is 0 Å². The minimum Gasteiger partial charge on any atom is -0.497 e. The van der Waals surface area contributed by atoms with Crippen molar-refractivity contribution in [2.24, 2.45) is 0 Å². The van der Waals surface area contributed by atoms with E-state index >= 15 is 0 Å². The Morgan fingerprint density at radius 3 is 2.53 bits per heavy atom. The van der Waals surface area contributed by atoms with Crippen LogP contribution in [0.4, 0.5) is 0 Å². The topological polar surface area (TPSA) is 74.6 Å². The first-order valence-electron chi connectivity index (χ1n) is 10.8. The highest BCUT2D eigenvalue weighted by atomic mass is 16.5. The first-order valence-corrected chi connectivity index (χ1v) is 10.8. The molecule has 32 heavy (non-hydrogen) atoms. The van der Waals surface area contributed by atoms with Gasteiger partial charge in [-0.25, -0.2) is 4.68 Å². The van der Waals surface area contributed by atoms with E-state index in [-0.39, 0.29) is 5.91 Å². The highest BCUT2D eigenvalue weighted by Crippen LogP contribution is 2.33. The Labute approximate surface area is 189 Å². The van der Waals surface area contributed by atoms with Crippen molar-refractivity contribution in [2.75, 3.05) is 27.4 Å². The molecule has 2 aromatic carbocycles. The summed E-state index contributed by atoms with van der Waals surface area (Å²) in [5, 5.41) is 7.70. The van der Waals surface area contributed by atoms with Gasteiger partial charge in [-0.15, -0.1) is 0 Å². The predicted octanol–water partition coefficient (Wildman–Crippen LogP) is 4.24. The summed E-state index contributed by atoms with van der Waals surface area (Å²) >= 11 is 0. The Morgan fingerprint density at radius 2 is 1.88 bits per heavy atom. The van der Waals surface area contributed by atoms with Crippen molar-refractivity contribution >= 4 is 5.91 Å². The number of carbonyl (C=O) groups is 1. The summed E-state index contributed by atoms with van der Waals surface area (Å²) in [4.78, 5) is 12.3. The van der Waals surface area contributed by atoms with Crippen LogP contribution in [0.15, 0.2) is 48.5 Å². The van der Waals surface area contributed by atoms with E-state index in [2.05, 4.69) is 12.2 Å². The molecule has 1 aromatic heterocycles. The van der Waals surface area contributed by atoms with Gasteiger partial charge >= 0.3 is 0 Å². The van der Waals surface area contributed by atoms with Crippen molar-refractivity contribution in [2.45, 2.75) is 33.1 Å². The Bertz CT molecular complexity index is 1030. The monoisotopic (exact) mass is 437 g/mol. The fourth-order valence-electron chi connectivity index (χ4n) is 3.43. The molecule has 0 saturated heterocycles. The number of benzene rings is 2. The van der Waals surface area contributed by atoms with Gasteiger partial charge in [-0.2, -0.15) is 5.10 Å². The van der Waals surface area contributed by atoms with Crippen molar-refractivity contribution in [1.29, 1.82) is 0 Å². The average Bonchev–Trinajstić information content (AvgIpc) is 3.15. The van der Waals surface area contributed by atoms with E-state index in [0.29, 0.717) is 31.9 Å². The molecule has 1 amide bonds. The highest BCUT2D eigenvalue weighted by Gasteiger charge is 2.21. The van der Waals surface area contributed by atoms with Gasteiger partial charge in [0.2, 0.25) is 11.8 Å². The van der Waals surface area contributed by atoms with Gasteiger partial charge in [0.05, 0.1) is 25.1 Å². The maximum absolute atomic E-state index is 12.3. The fraction of sp³-hybridized carbons (Fsp3) is 0.360. The van der Waals surface area contributed by atoms with Crippen molar-refractivity contribution < 1.29 is 19.0 Å². The second kappa shape index (κ2) is 11.3. The number of carbonyl (C=O) groups excluding carboxylic acids is 1. The van der Waals surface area contributed by atoms with Crippen LogP contribution in [0.2, 0.25) is 0 Å². The maximum atomic E-state index is 12.3. The second-order valence-corrected chi connectivity index (χ2v) is 7.46. The number of ether oxygens (including phenoxy) is 3. The lowest BCUT2D eigenvalue weighted by Gasteiger charge is -2.12.